The molecule has 0 bridgehead atoms. The van der Waals surface area contributed by atoms with Gasteiger partial charge in [-0.25, -0.2) is 10.0 Å². The highest BCUT2D eigenvalue weighted by Crippen LogP contribution is 2.21. The van der Waals surface area contributed by atoms with Crippen molar-refractivity contribution in [2.45, 2.75) is 6.54 Å². The number of rotatable bonds is 0. The lowest BCUT2D eigenvalue weighted by atomic mass is 10.4. The lowest BCUT2D eigenvalue weighted by molar-refractivity contribution is -0.589. The van der Waals surface area contributed by atoms with E-state index in [1.165, 1.54) is 4.57 Å². The van der Waals surface area contributed by atoms with Gasteiger partial charge >= 0.3 is 5.95 Å². The number of hydrogen-bond donors (Lipinski definition) is 4. The van der Waals surface area contributed by atoms with Gasteiger partial charge in [-0.15, -0.1) is 0 Å². The number of imidazole rings is 1. The van der Waals surface area contributed by atoms with Gasteiger partial charge in [0.05, 0.1) is 0 Å². The molecule has 7 nitrogen and oxygen atoms in total. The molecule has 0 aliphatic carbocycles. The summed E-state index contributed by atoms with van der Waals surface area (Å²) in [6.45, 7) is -0.00472. The van der Waals surface area contributed by atoms with Gasteiger partial charge in [-0.2, -0.15) is 4.57 Å². The van der Waals surface area contributed by atoms with Crippen molar-refractivity contribution in [1.82, 2.24) is 4.57 Å². The van der Waals surface area contributed by atoms with Crippen molar-refractivity contribution in [3.8, 4) is 5.88 Å². The Balaban J connectivity index is 2.52. The van der Waals surface area contributed by atoms with Crippen LogP contribution in [-0.2, 0) is 6.54 Å². The van der Waals surface area contributed by atoms with Crippen LogP contribution in [-0.4, -0.2) is 14.8 Å². The largest absolute Gasteiger partial charge is 0.740 e. The predicted molar refractivity (Wildman–Crippen MR) is 42.5 cm³/mol. The van der Waals surface area contributed by atoms with Crippen LogP contribution in [0.3, 0.4) is 0 Å². The topological polar surface area (TPSA) is 110 Å². The van der Waals surface area contributed by atoms with Gasteiger partial charge in [0, 0.05) is 0 Å². The normalized spacial score (nSPS) is 15.4. The van der Waals surface area contributed by atoms with Crippen molar-refractivity contribution in [3.05, 3.63) is 23.0 Å². The van der Waals surface area contributed by atoms with Crippen LogP contribution in [0.25, 0.3) is 0 Å². The fourth-order valence-electron chi connectivity index (χ4n) is 1.17. The van der Waals surface area contributed by atoms with E-state index in [1.807, 2.05) is 0 Å². The summed E-state index contributed by atoms with van der Waals surface area (Å²) >= 11 is 0. The third-order valence-electron chi connectivity index (χ3n) is 1.84. The van der Waals surface area contributed by atoms with Gasteiger partial charge in [-0.05, 0) is 0 Å². The Hall–Kier alpha value is -2.05. The Labute approximate surface area is 72.9 Å². The number of nitrogens with two attached hydrogens (primary N) is 1. The van der Waals surface area contributed by atoms with Gasteiger partial charge < -0.3 is 21.2 Å². The summed E-state index contributed by atoms with van der Waals surface area (Å²) in [6.07, 6.45) is 0.980. The van der Waals surface area contributed by atoms with Crippen molar-refractivity contribution in [2.24, 2.45) is 5.73 Å². The number of allylic oxidation sites excluding steroid dienone is 1. The molecule has 0 amide bonds. The van der Waals surface area contributed by atoms with Crippen LogP contribution in [0.2, 0.25) is 0 Å². The maximum atomic E-state index is 11.1. The number of aromatic hydroxyl groups is 1. The minimum absolute atomic E-state index is 0.00472. The Morgan fingerprint density at radius 1 is 1.62 bits per heavy atom. The zero-order chi connectivity index (χ0) is 9.59. The fourth-order valence-corrected chi connectivity index (χ4v) is 1.17. The highest BCUT2D eigenvalue weighted by atomic mass is 16.5. The van der Waals surface area contributed by atoms with Gasteiger partial charge in [0.15, 0.2) is 5.76 Å². The summed E-state index contributed by atoms with van der Waals surface area (Å²) in [5.74, 6) is -0.224. The van der Waals surface area contributed by atoms with E-state index in [0.29, 0.717) is 4.73 Å². The molecule has 2 heterocycles. The summed E-state index contributed by atoms with van der Waals surface area (Å²) in [7, 11) is 0. The summed E-state index contributed by atoms with van der Waals surface area (Å²) < 4.78 is 1.65. The number of fused-ring (bicyclic) bond motifs is 1. The second kappa shape index (κ2) is 2.22. The standard InChI is InChI=1S/C6H8N4O3/c7-5-3(11)1-9-4(12)2-10(13)6(9)8-5/h2,8,11-12H,1,7H2. The number of hydrogen-bond acceptors (Lipinski definition) is 5. The van der Waals surface area contributed by atoms with Gasteiger partial charge in [0.2, 0.25) is 5.82 Å². The number of anilines is 1. The molecule has 7 heteroatoms. The van der Waals surface area contributed by atoms with Gasteiger partial charge in [0.1, 0.15) is 12.7 Å². The molecule has 0 saturated carbocycles. The second-order valence-corrected chi connectivity index (χ2v) is 2.71. The van der Waals surface area contributed by atoms with Crippen LogP contribution in [0.1, 0.15) is 0 Å². The third-order valence-corrected chi connectivity index (χ3v) is 1.84. The molecule has 0 spiro atoms. The van der Waals surface area contributed by atoms with E-state index in [4.69, 9.17) is 5.73 Å². The molecule has 13 heavy (non-hydrogen) atoms. The van der Waals surface area contributed by atoms with Crippen molar-refractivity contribution in [2.75, 3.05) is 5.32 Å². The molecule has 0 fully saturated rings. The first-order valence-electron chi connectivity index (χ1n) is 3.56. The molecule has 1 aromatic rings. The van der Waals surface area contributed by atoms with E-state index in [-0.39, 0.29) is 30.0 Å². The quantitative estimate of drug-likeness (QED) is 0.303. The summed E-state index contributed by atoms with van der Waals surface area (Å²) in [6, 6.07) is 0. The monoisotopic (exact) mass is 184 g/mol. The average Bonchev–Trinajstić information content (AvgIpc) is 2.31. The molecule has 0 aromatic carbocycles. The molecule has 0 atom stereocenters. The molecule has 70 valence electrons. The van der Waals surface area contributed by atoms with E-state index in [2.05, 4.69) is 5.32 Å². The maximum absolute atomic E-state index is 11.1. The molecule has 5 N–H and O–H groups in total. The summed E-state index contributed by atoms with van der Waals surface area (Å²) in [4.78, 5) is 0. The SMILES string of the molecule is NC1=C(O)Cn2c(O)c[n+]([O-])c2N1. The van der Waals surface area contributed by atoms with Crippen LogP contribution in [0, 0.1) is 5.21 Å². The predicted octanol–water partition coefficient (Wildman–Crippen LogP) is -1.06. The summed E-state index contributed by atoms with van der Waals surface area (Å²) in [5, 5.41) is 31.9. The van der Waals surface area contributed by atoms with Crippen molar-refractivity contribution < 1.29 is 14.9 Å². The van der Waals surface area contributed by atoms with Crippen LogP contribution in [0.4, 0.5) is 5.95 Å². The first-order valence-corrected chi connectivity index (χ1v) is 3.56. The van der Waals surface area contributed by atoms with E-state index in [9.17, 15) is 15.4 Å². The Morgan fingerprint density at radius 3 is 3.00 bits per heavy atom. The van der Waals surface area contributed by atoms with Crippen molar-refractivity contribution in [1.29, 1.82) is 0 Å². The maximum Gasteiger partial charge on any atom is 0.367 e. The van der Waals surface area contributed by atoms with E-state index < -0.39 is 0 Å². The third kappa shape index (κ3) is 0.934. The summed E-state index contributed by atoms with van der Waals surface area (Å²) in [5.41, 5.74) is 5.34. The molecule has 1 aliphatic heterocycles. The number of aromatic nitrogens is 2. The zero-order valence-electron chi connectivity index (χ0n) is 6.56. The molecule has 1 aromatic heterocycles. The zero-order valence-corrected chi connectivity index (χ0v) is 6.56. The minimum Gasteiger partial charge on any atom is -0.740 e. The van der Waals surface area contributed by atoms with E-state index in [1.54, 1.807) is 0 Å². The molecule has 0 unspecified atom stereocenters. The van der Waals surface area contributed by atoms with Gasteiger partial charge in [0.25, 0.3) is 5.88 Å². The van der Waals surface area contributed by atoms with Crippen LogP contribution in [0.15, 0.2) is 17.8 Å². The molecular formula is C6H8N4O3. The number of nitrogens with zero attached hydrogens (tertiary/aromatic N) is 2. The molecule has 0 radical (unpaired) electrons. The molecule has 1 aliphatic rings. The van der Waals surface area contributed by atoms with Crippen molar-refractivity contribution in [3.63, 3.8) is 0 Å². The smallest absolute Gasteiger partial charge is 0.367 e. The van der Waals surface area contributed by atoms with Gasteiger partial charge in [-0.3, -0.25) is 0 Å². The van der Waals surface area contributed by atoms with Crippen LogP contribution < -0.4 is 15.8 Å². The van der Waals surface area contributed by atoms with Gasteiger partial charge in [-0.1, -0.05) is 0 Å². The fraction of sp³-hybridized carbons (Fsp3) is 0.167. The Kier molecular flexibility index (Phi) is 1.30. The van der Waals surface area contributed by atoms with Crippen LogP contribution >= 0.6 is 0 Å². The highest BCUT2D eigenvalue weighted by Gasteiger charge is 2.26. The van der Waals surface area contributed by atoms with Crippen molar-refractivity contribution >= 4 is 5.95 Å². The van der Waals surface area contributed by atoms with E-state index in [0.717, 1.165) is 6.20 Å². The lowest BCUT2D eigenvalue weighted by Crippen LogP contribution is -2.34. The molecule has 2 rings (SSSR count). The molecule has 0 saturated heterocycles. The first-order chi connectivity index (χ1) is 6.09. The minimum atomic E-state index is -0.225. The Bertz CT molecular complexity index is 360. The molecular weight excluding hydrogens is 176 g/mol. The second-order valence-electron chi connectivity index (χ2n) is 2.71. The number of nitrogens with one attached hydrogen (secondary N) is 1. The van der Waals surface area contributed by atoms with E-state index >= 15 is 0 Å². The Morgan fingerprint density at radius 2 is 2.31 bits per heavy atom. The average molecular weight is 184 g/mol. The van der Waals surface area contributed by atoms with Crippen LogP contribution in [0.5, 0.6) is 5.88 Å². The first kappa shape index (κ1) is 7.59. The highest BCUT2D eigenvalue weighted by molar-refractivity contribution is 5.38. The lowest BCUT2D eigenvalue weighted by Gasteiger charge is -2.13. The number of aliphatic hydroxyl groups excluding tert-OH is 1. The number of aliphatic hydroxyl groups is 1.